The lowest BCUT2D eigenvalue weighted by molar-refractivity contribution is 0.295. The number of likely N-dealkylation sites (N-methyl/N-ethyl adjacent to an activating group) is 1. The third-order valence-corrected chi connectivity index (χ3v) is 5.55. The second-order valence-electron chi connectivity index (χ2n) is 5.82. The van der Waals surface area contributed by atoms with Crippen LogP contribution < -0.4 is 5.14 Å². The minimum Gasteiger partial charge on any atom is -0.301 e. The molecule has 3 rings (SSSR count). The standard InChI is InChI=1S/C16H16Cl2N2O2S/c1-20-8-14(10-3-2-4-12(5-10)23(19,21)22)13-6-11(17)7-16(18)15(13)9-20/h2-7,14H,8-9H2,1H3,(H2,19,21,22). The van der Waals surface area contributed by atoms with Gasteiger partial charge in [0, 0.05) is 29.1 Å². The zero-order chi connectivity index (χ0) is 16.8. The van der Waals surface area contributed by atoms with Gasteiger partial charge in [-0.15, -0.1) is 0 Å². The van der Waals surface area contributed by atoms with Gasteiger partial charge >= 0.3 is 0 Å². The number of fused-ring (bicyclic) bond motifs is 1. The number of nitrogens with zero attached hydrogens (tertiary/aromatic N) is 1. The Kier molecular flexibility index (Phi) is 4.42. The molecule has 0 fully saturated rings. The first-order valence-corrected chi connectivity index (χ1v) is 9.35. The van der Waals surface area contributed by atoms with Crippen molar-refractivity contribution < 1.29 is 8.42 Å². The van der Waals surface area contributed by atoms with E-state index in [1.165, 1.54) is 6.07 Å². The highest BCUT2D eigenvalue weighted by Crippen LogP contribution is 2.38. The first-order valence-electron chi connectivity index (χ1n) is 7.05. The first kappa shape index (κ1) is 16.7. The second-order valence-corrected chi connectivity index (χ2v) is 8.23. The summed E-state index contributed by atoms with van der Waals surface area (Å²) in [5.41, 5.74) is 2.94. The van der Waals surface area contributed by atoms with Gasteiger partial charge in [-0.3, -0.25) is 0 Å². The molecule has 2 N–H and O–H groups in total. The van der Waals surface area contributed by atoms with E-state index < -0.39 is 10.0 Å². The summed E-state index contributed by atoms with van der Waals surface area (Å²) in [6.45, 7) is 1.48. The largest absolute Gasteiger partial charge is 0.301 e. The van der Waals surface area contributed by atoms with Crippen molar-refractivity contribution in [1.29, 1.82) is 0 Å². The normalized spacial score (nSPS) is 18.7. The second kappa shape index (κ2) is 6.07. The highest BCUT2D eigenvalue weighted by Gasteiger charge is 2.27. The van der Waals surface area contributed by atoms with Gasteiger partial charge in [0.25, 0.3) is 0 Å². The summed E-state index contributed by atoms with van der Waals surface area (Å²) in [5, 5.41) is 6.45. The molecule has 4 nitrogen and oxygen atoms in total. The van der Waals surface area contributed by atoms with Crippen molar-refractivity contribution in [3.05, 3.63) is 63.1 Å². The highest BCUT2D eigenvalue weighted by molar-refractivity contribution is 7.89. The Hall–Kier alpha value is -1.11. The van der Waals surface area contributed by atoms with E-state index in [2.05, 4.69) is 4.90 Å². The molecular weight excluding hydrogens is 355 g/mol. The number of rotatable bonds is 2. The van der Waals surface area contributed by atoms with Crippen molar-refractivity contribution in [2.24, 2.45) is 5.14 Å². The van der Waals surface area contributed by atoms with Crippen molar-refractivity contribution >= 4 is 33.2 Å². The predicted molar refractivity (Wildman–Crippen MR) is 92.5 cm³/mol. The number of hydrogen-bond donors (Lipinski definition) is 1. The molecule has 7 heteroatoms. The van der Waals surface area contributed by atoms with Crippen molar-refractivity contribution in [3.8, 4) is 0 Å². The fourth-order valence-electron chi connectivity index (χ4n) is 3.04. The van der Waals surface area contributed by atoms with Crippen LogP contribution in [0.25, 0.3) is 0 Å². The van der Waals surface area contributed by atoms with Crippen LogP contribution in [0.1, 0.15) is 22.6 Å². The van der Waals surface area contributed by atoms with Gasteiger partial charge < -0.3 is 4.90 Å². The molecule has 2 aromatic rings. The van der Waals surface area contributed by atoms with Crippen molar-refractivity contribution in [3.63, 3.8) is 0 Å². The quantitative estimate of drug-likeness (QED) is 0.882. The SMILES string of the molecule is CN1Cc2c(Cl)cc(Cl)cc2C(c2cccc(S(N)(=O)=O)c2)C1. The maximum atomic E-state index is 11.6. The Bertz CT molecular complexity index is 868. The third-order valence-electron chi connectivity index (χ3n) is 4.08. The van der Waals surface area contributed by atoms with Gasteiger partial charge in [0.1, 0.15) is 0 Å². The minimum atomic E-state index is -3.74. The van der Waals surface area contributed by atoms with E-state index in [4.69, 9.17) is 28.3 Å². The molecule has 0 spiro atoms. The summed E-state index contributed by atoms with van der Waals surface area (Å²) in [4.78, 5) is 2.26. The van der Waals surface area contributed by atoms with Crippen LogP contribution in [0, 0.1) is 0 Å². The lowest BCUT2D eigenvalue weighted by Crippen LogP contribution is -2.31. The van der Waals surface area contributed by atoms with E-state index in [0.717, 1.165) is 29.8 Å². The van der Waals surface area contributed by atoms with Crippen LogP contribution >= 0.6 is 23.2 Å². The molecule has 1 aliphatic heterocycles. The van der Waals surface area contributed by atoms with Gasteiger partial charge in [-0.2, -0.15) is 0 Å². The summed E-state index contributed by atoms with van der Waals surface area (Å²) in [6.07, 6.45) is 0. The first-order chi connectivity index (χ1) is 10.8. The number of sulfonamides is 1. The number of halogens is 2. The van der Waals surface area contributed by atoms with Gasteiger partial charge in [0.15, 0.2) is 0 Å². The number of primary sulfonamides is 1. The van der Waals surface area contributed by atoms with Crippen LogP contribution in [0.5, 0.6) is 0 Å². The molecule has 0 saturated carbocycles. The molecule has 1 unspecified atom stereocenters. The average molecular weight is 371 g/mol. The van der Waals surface area contributed by atoms with Crippen molar-refractivity contribution in [1.82, 2.24) is 4.90 Å². The summed E-state index contributed by atoms with van der Waals surface area (Å²) < 4.78 is 23.2. The van der Waals surface area contributed by atoms with Crippen LogP contribution in [-0.2, 0) is 16.6 Å². The Morgan fingerprint density at radius 2 is 1.96 bits per heavy atom. The Balaban J connectivity index is 2.15. The van der Waals surface area contributed by atoms with Crippen molar-refractivity contribution in [2.75, 3.05) is 13.6 Å². The molecule has 0 saturated heterocycles. The van der Waals surface area contributed by atoms with Crippen LogP contribution in [0.4, 0.5) is 0 Å². The van der Waals surface area contributed by atoms with E-state index in [1.54, 1.807) is 18.2 Å². The summed E-state index contributed by atoms with van der Waals surface area (Å²) >= 11 is 12.5. The lowest BCUT2D eigenvalue weighted by atomic mass is 9.85. The lowest BCUT2D eigenvalue weighted by Gasteiger charge is -2.33. The summed E-state index contributed by atoms with van der Waals surface area (Å²) in [7, 11) is -1.73. The Morgan fingerprint density at radius 3 is 2.65 bits per heavy atom. The fraction of sp³-hybridized carbons (Fsp3) is 0.250. The van der Waals surface area contributed by atoms with E-state index >= 15 is 0 Å². The van der Waals surface area contributed by atoms with E-state index in [-0.39, 0.29) is 10.8 Å². The summed E-state index contributed by atoms with van der Waals surface area (Å²) in [6, 6.07) is 10.4. The van der Waals surface area contributed by atoms with E-state index in [0.29, 0.717) is 10.0 Å². The predicted octanol–water partition coefficient (Wildman–Crippen LogP) is 3.22. The fourth-order valence-corrected chi connectivity index (χ4v) is 4.18. The number of benzene rings is 2. The zero-order valence-corrected chi connectivity index (χ0v) is 14.8. The molecule has 0 aliphatic carbocycles. The number of hydrogen-bond acceptors (Lipinski definition) is 3. The van der Waals surface area contributed by atoms with Crippen LogP contribution in [-0.4, -0.2) is 26.9 Å². The molecule has 1 atom stereocenters. The van der Waals surface area contributed by atoms with Gasteiger partial charge in [0.05, 0.1) is 4.90 Å². The maximum Gasteiger partial charge on any atom is 0.238 e. The van der Waals surface area contributed by atoms with Gasteiger partial charge in [-0.25, -0.2) is 13.6 Å². The monoisotopic (exact) mass is 370 g/mol. The third kappa shape index (κ3) is 3.39. The molecule has 1 heterocycles. The summed E-state index contributed by atoms with van der Waals surface area (Å²) in [5.74, 6) is -0.0124. The molecule has 0 bridgehead atoms. The Morgan fingerprint density at radius 1 is 1.22 bits per heavy atom. The molecule has 23 heavy (non-hydrogen) atoms. The molecule has 1 aliphatic rings. The van der Waals surface area contributed by atoms with Crippen LogP contribution in [0.15, 0.2) is 41.3 Å². The molecule has 122 valence electrons. The Labute approximate surface area is 145 Å². The molecule has 2 aromatic carbocycles. The smallest absolute Gasteiger partial charge is 0.238 e. The topological polar surface area (TPSA) is 63.4 Å². The van der Waals surface area contributed by atoms with E-state index in [1.807, 2.05) is 19.2 Å². The van der Waals surface area contributed by atoms with Gasteiger partial charge in [0.2, 0.25) is 10.0 Å². The minimum absolute atomic E-state index is 0.0124. The molecule has 0 amide bonds. The van der Waals surface area contributed by atoms with Crippen molar-refractivity contribution in [2.45, 2.75) is 17.4 Å². The van der Waals surface area contributed by atoms with Crippen LogP contribution in [0.3, 0.4) is 0 Å². The molecule has 0 radical (unpaired) electrons. The van der Waals surface area contributed by atoms with Gasteiger partial charge in [-0.1, -0.05) is 35.3 Å². The maximum absolute atomic E-state index is 11.6. The average Bonchev–Trinajstić information content (AvgIpc) is 2.47. The number of nitrogens with two attached hydrogens (primary N) is 1. The zero-order valence-electron chi connectivity index (χ0n) is 12.5. The van der Waals surface area contributed by atoms with Gasteiger partial charge in [-0.05, 0) is 48.0 Å². The highest BCUT2D eigenvalue weighted by atomic mass is 35.5. The van der Waals surface area contributed by atoms with E-state index in [9.17, 15) is 8.42 Å². The molecular formula is C16H16Cl2N2O2S. The van der Waals surface area contributed by atoms with Crippen LogP contribution in [0.2, 0.25) is 10.0 Å². The molecule has 0 aromatic heterocycles.